The molecule has 0 aromatic heterocycles. The van der Waals surface area contributed by atoms with Gasteiger partial charge >= 0.3 is 0 Å². The van der Waals surface area contributed by atoms with Crippen molar-refractivity contribution in [2.24, 2.45) is 11.6 Å². The summed E-state index contributed by atoms with van der Waals surface area (Å²) in [5.41, 5.74) is 5.50. The summed E-state index contributed by atoms with van der Waals surface area (Å²) in [6, 6.07) is 0.680. The maximum Gasteiger partial charge on any atom is 0.194 e. The first-order chi connectivity index (χ1) is 13.3. The molecule has 1 aromatic carbocycles. The molecule has 4 unspecified atom stereocenters. The molecule has 6 N–H and O–H groups in total. The zero-order chi connectivity index (χ0) is 20.8. The molecular formula is C17H23F4N3O4. The Morgan fingerprint density at radius 1 is 1.32 bits per heavy atom. The smallest absolute Gasteiger partial charge is 0.194 e. The van der Waals surface area contributed by atoms with E-state index in [0.717, 1.165) is 23.3 Å². The second-order valence-corrected chi connectivity index (χ2v) is 6.51. The van der Waals surface area contributed by atoms with Crippen molar-refractivity contribution >= 4 is 5.70 Å². The summed E-state index contributed by atoms with van der Waals surface area (Å²) >= 11 is 0. The van der Waals surface area contributed by atoms with E-state index in [9.17, 15) is 27.9 Å². The lowest BCUT2D eigenvalue weighted by molar-refractivity contribution is -0.168. The van der Waals surface area contributed by atoms with Crippen LogP contribution in [-0.2, 0) is 9.68 Å². The second kappa shape index (κ2) is 10.0. The van der Waals surface area contributed by atoms with Crippen molar-refractivity contribution < 1.29 is 37.6 Å². The third kappa shape index (κ3) is 5.32. The Morgan fingerprint density at radius 2 is 1.96 bits per heavy atom. The minimum atomic E-state index is -1.62. The molecule has 1 saturated heterocycles. The van der Waals surface area contributed by atoms with Crippen molar-refractivity contribution in [3.8, 4) is 0 Å². The number of nitrogens with zero attached hydrogens (tertiary/aromatic N) is 1. The summed E-state index contributed by atoms with van der Waals surface area (Å²) in [5, 5.41) is 20.8. The number of hydrogen-bond acceptors (Lipinski definition) is 7. The summed E-state index contributed by atoms with van der Waals surface area (Å²) in [5.74, 6) is 1.52. The molecule has 4 atom stereocenters. The van der Waals surface area contributed by atoms with E-state index in [1.807, 2.05) is 0 Å². The van der Waals surface area contributed by atoms with Crippen LogP contribution in [-0.4, -0.2) is 52.8 Å². The molecule has 0 radical (unpaired) electrons. The number of hydrazine groups is 1. The molecule has 0 aliphatic carbocycles. The molecule has 0 amide bonds. The van der Waals surface area contributed by atoms with Gasteiger partial charge in [0.1, 0.15) is 12.2 Å². The minimum Gasteiger partial charge on any atom is -0.397 e. The Kier molecular flexibility index (Phi) is 8.01. The van der Waals surface area contributed by atoms with Gasteiger partial charge in [-0.15, -0.1) is 0 Å². The molecule has 1 aliphatic heterocycles. The molecule has 28 heavy (non-hydrogen) atoms. The predicted octanol–water partition coefficient (Wildman–Crippen LogP) is 1.10. The van der Waals surface area contributed by atoms with Crippen LogP contribution in [0.2, 0.25) is 0 Å². The summed E-state index contributed by atoms with van der Waals surface area (Å²) < 4.78 is 57.2. The predicted molar refractivity (Wildman–Crippen MR) is 91.0 cm³/mol. The lowest BCUT2D eigenvalue weighted by Gasteiger charge is -2.42. The maximum atomic E-state index is 13.4. The Balaban J connectivity index is 2.17. The molecule has 0 spiro atoms. The Hall–Kier alpha value is -1.92. The SMILES string of the molecule is N/C(=C\N(N)C1CC(CCCOF)OC(CO)C1O)c1cc(F)c(F)c(F)c1. The van der Waals surface area contributed by atoms with Crippen molar-refractivity contribution in [1.29, 1.82) is 0 Å². The van der Waals surface area contributed by atoms with E-state index in [1.165, 1.54) is 0 Å². The number of aliphatic hydroxyl groups is 2. The first-order valence-corrected chi connectivity index (χ1v) is 8.61. The van der Waals surface area contributed by atoms with Crippen molar-refractivity contribution in [3.05, 3.63) is 41.3 Å². The number of nitrogens with two attached hydrogens (primary N) is 2. The topological polar surface area (TPSA) is 114 Å². The second-order valence-electron chi connectivity index (χ2n) is 6.51. The summed E-state index contributed by atoms with van der Waals surface area (Å²) in [6.45, 7) is -0.604. The number of benzene rings is 1. The van der Waals surface area contributed by atoms with Crippen LogP contribution in [0.5, 0.6) is 0 Å². The van der Waals surface area contributed by atoms with Gasteiger partial charge in [0, 0.05) is 11.8 Å². The summed E-state index contributed by atoms with van der Waals surface area (Å²) in [7, 11) is 0. The molecule has 1 heterocycles. The van der Waals surface area contributed by atoms with E-state index in [1.54, 1.807) is 0 Å². The van der Waals surface area contributed by atoms with Crippen molar-refractivity contribution in [1.82, 2.24) is 5.01 Å². The van der Waals surface area contributed by atoms with Crippen molar-refractivity contribution in [2.45, 2.75) is 43.6 Å². The van der Waals surface area contributed by atoms with Crippen LogP contribution >= 0.6 is 0 Å². The lowest BCUT2D eigenvalue weighted by Crippen LogP contribution is -2.57. The average molecular weight is 409 g/mol. The van der Waals surface area contributed by atoms with Gasteiger partial charge in [-0.2, -0.15) is 4.94 Å². The molecule has 0 bridgehead atoms. The van der Waals surface area contributed by atoms with Gasteiger partial charge in [0.2, 0.25) is 0 Å². The zero-order valence-corrected chi connectivity index (χ0v) is 14.9. The average Bonchev–Trinajstić information content (AvgIpc) is 2.66. The van der Waals surface area contributed by atoms with E-state index < -0.39 is 48.4 Å². The number of ether oxygens (including phenoxy) is 1. The highest BCUT2D eigenvalue weighted by Crippen LogP contribution is 2.27. The Morgan fingerprint density at radius 3 is 2.54 bits per heavy atom. The highest BCUT2D eigenvalue weighted by molar-refractivity contribution is 5.62. The van der Waals surface area contributed by atoms with Gasteiger partial charge in [-0.05, 0) is 35.9 Å². The van der Waals surface area contributed by atoms with E-state index in [-0.39, 0.29) is 24.3 Å². The first kappa shape index (κ1) is 22.4. The fraction of sp³-hybridized carbons (Fsp3) is 0.529. The van der Waals surface area contributed by atoms with Crippen LogP contribution in [0.15, 0.2) is 18.3 Å². The first-order valence-electron chi connectivity index (χ1n) is 8.61. The normalized spacial score (nSPS) is 25.8. The van der Waals surface area contributed by atoms with Gasteiger partial charge in [-0.25, -0.2) is 19.0 Å². The van der Waals surface area contributed by atoms with Crippen LogP contribution in [0.4, 0.5) is 17.7 Å². The van der Waals surface area contributed by atoms with Gasteiger partial charge in [-0.1, -0.05) is 0 Å². The summed E-state index contributed by atoms with van der Waals surface area (Å²) in [6.07, 6.45) is -0.463. The third-order valence-electron chi connectivity index (χ3n) is 4.56. The molecule has 0 saturated carbocycles. The van der Waals surface area contributed by atoms with Gasteiger partial charge in [-0.3, -0.25) is 0 Å². The van der Waals surface area contributed by atoms with Crippen LogP contribution in [0.25, 0.3) is 5.70 Å². The van der Waals surface area contributed by atoms with Gasteiger partial charge in [0.05, 0.1) is 31.1 Å². The molecule has 1 aliphatic rings. The largest absolute Gasteiger partial charge is 0.397 e. The molecule has 11 heteroatoms. The number of aliphatic hydroxyl groups excluding tert-OH is 2. The van der Waals surface area contributed by atoms with Crippen LogP contribution in [0.3, 0.4) is 0 Å². The van der Waals surface area contributed by atoms with E-state index >= 15 is 0 Å². The summed E-state index contributed by atoms with van der Waals surface area (Å²) in [4.78, 5) is 3.51. The number of rotatable bonds is 8. The molecule has 1 fully saturated rings. The molecule has 2 rings (SSSR count). The standard InChI is InChI=1S/C17H23F4N3O4/c18-11-4-9(5-12(19)16(11)20)13(22)7-24(23)14-6-10(2-1-3-27-21)28-15(8-25)17(14)26/h4-5,7,10,14-15,17,25-26H,1-3,6,8,22-23H2/b13-7-. The van der Waals surface area contributed by atoms with Gasteiger partial charge < -0.3 is 25.7 Å². The fourth-order valence-corrected chi connectivity index (χ4v) is 3.09. The quantitative estimate of drug-likeness (QED) is 0.167. The molecule has 158 valence electrons. The maximum absolute atomic E-state index is 13.4. The van der Waals surface area contributed by atoms with E-state index in [2.05, 4.69) is 4.94 Å². The number of hydrogen-bond donors (Lipinski definition) is 4. The highest BCUT2D eigenvalue weighted by atomic mass is 19.3. The van der Waals surface area contributed by atoms with Gasteiger partial charge in [0.15, 0.2) is 17.5 Å². The minimum absolute atomic E-state index is 0.127. The third-order valence-corrected chi connectivity index (χ3v) is 4.56. The lowest BCUT2D eigenvalue weighted by atomic mass is 9.93. The highest BCUT2D eigenvalue weighted by Gasteiger charge is 2.39. The Labute approximate surface area is 159 Å². The van der Waals surface area contributed by atoms with Crippen LogP contribution in [0, 0.1) is 17.5 Å². The molecule has 1 aromatic rings. The Bertz CT molecular complexity index is 671. The molecule has 7 nitrogen and oxygen atoms in total. The van der Waals surface area contributed by atoms with Crippen LogP contribution in [0.1, 0.15) is 24.8 Å². The zero-order valence-electron chi connectivity index (χ0n) is 14.9. The fourth-order valence-electron chi connectivity index (χ4n) is 3.09. The monoisotopic (exact) mass is 409 g/mol. The number of halogens is 4. The van der Waals surface area contributed by atoms with Crippen molar-refractivity contribution in [3.63, 3.8) is 0 Å². The van der Waals surface area contributed by atoms with E-state index in [0.29, 0.717) is 12.8 Å². The van der Waals surface area contributed by atoms with Gasteiger partial charge in [0.25, 0.3) is 0 Å². The molecular weight excluding hydrogens is 386 g/mol. The van der Waals surface area contributed by atoms with Crippen molar-refractivity contribution in [2.75, 3.05) is 13.2 Å². The van der Waals surface area contributed by atoms with E-state index in [4.69, 9.17) is 16.3 Å². The van der Waals surface area contributed by atoms with Crippen LogP contribution < -0.4 is 11.6 Å².